The minimum atomic E-state index is -0.453. The van der Waals surface area contributed by atoms with Crippen molar-refractivity contribution < 1.29 is 14.3 Å². The average molecular weight is 523 g/mol. The second kappa shape index (κ2) is 11.8. The number of amides is 2. The van der Waals surface area contributed by atoms with E-state index in [0.717, 1.165) is 57.9 Å². The third-order valence-electron chi connectivity index (χ3n) is 5.23. The topological polar surface area (TPSA) is 86.3 Å². The molecule has 0 spiro atoms. The molecule has 1 atom stereocenters. The first-order chi connectivity index (χ1) is 13.2. The molecule has 2 saturated heterocycles. The van der Waals surface area contributed by atoms with Gasteiger partial charge in [-0.15, -0.1) is 24.0 Å². The molecule has 2 N–H and O–H groups in total. The summed E-state index contributed by atoms with van der Waals surface area (Å²) in [6.07, 6.45) is 3.18. The van der Waals surface area contributed by atoms with Gasteiger partial charge in [-0.05, 0) is 46.0 Å². The highest BCUT2D eigenvalue weighted by Gasteiger charge is 2.28. The van der Waals surface area contributed by atoms with Crippen LogP contribution in [0, 0.1) is 5.92 Å². The van der Waals surface area contributed by atoms with E-state index in [2.05, 4.69) is 15.6 Å². The highest BCUT2D eigenvalue weighted by atomic mass is 127. The van der Waals surface area contributed by atoms with Gasteiger partial charge in [-0.1, -0.05) is 6.92 Å². The molecule has 0 aromatic rings. The molecule has 2 fully saturated rings. The van der Waals surface area contributed by atoms with Gasteiger partial charge in [0.25, 0.3) is 0 Å². The third-order valence-corrected chi connectivity index (χ3v) is 5.23. The van der Waals surface area contributed by atoms with Crippen molar-refractivity contribution in [3.63, 3.8) is 0 Å². The Hall–Kier alpha value is -1.26. The van der Waals surface area contributed by atoms with Crippen molar-refractivity contribution in [2.45, 2.75) is 65.0 Å². The van der Waals surface area contributed by atoms with E-state index in [1.54, 1.807) is 11.9 Å². The van der Waals surface area contributed by atoms with E-state index in [4.69, 9.17) is 4.74 Å². The normalized spacial score (nSPS) is 20.9. The Balaban J connectivity index is 0.00000420. The Morgan fingerprint density at radius 3 is 2.28 bits per heavy atom. The summed E-state index contributed by atoms with van der Waals surface area (Å²) in [6, 6.07) is 0.246. The van der Waals surface area contributed by atoms with Crippen LogP contribution < -0.4 is 10.6 Å². The first kappa shape index (κ1) is 25.8. The van der Waals surface area contributed by atoms with Gasteiger partial charge in [0.05, 0.1) is 0 Å². The first-order valence-corrected chi connectivity index (χ1v) is 10.4. The van der Waals surface area contributed by atoms with Gasteiger partial charge in [0, 0.05) is 52.2 Å². The zero-order chi connectivity index (χ0) is 20.7. The maximum atomic E-state index is 12.2. The smallest absolute Gasteiger partial charge is 0.410 e. The Morgan fingerprint density at radius 2 is 1.72 bits per heavy atom. The van der Waals surface area contributed by atoms with Crippen LogP contribution in [-0.2, 0) is 9.53 Å². The lowest BCUT2D eigenvalue weighted by Gasteiger charge is -2.33. The highest BCUT2D eigenvalue weighted by molar-refractivity contribution is 14.0. The summed E-state index contributed by atoms with van der Waals surface area (Å²) >= 11 is 0. The zero-order valence-corrected chi connectivity index (χ0v) is 20.8. The monoisotopic (exact) mass is 523 g/mol. The van der Waals surface area contributed by atoms with Crippen LogP contribution in [-0.4, -0.2) is 79.2 Å². The van der Waals surface area contributed by atoms with Crippen molar-refractivity contribution in [3.05, 3.63) is 0 Å². The number of hydrogen-bond acceptors (Lipinski definition) is 4. The number of ether oxygens (including phenoxy) is 1. The number of piperidine rings is 1. The Bertz CT molecular complexity index is 571. The van der Waals surface area contributed by atoms with Gasteiger partial charge in [-0.3, -0.25) is 9.79 Å². The van der Waals surface area contributed by atoms with Crippen LogP contribution in [0.2, 0.25) is 0 Å². The quantitative estimate of drug-likeness (QED) is 0.336. The molecule has 168 valence electrons. The van der Waals surface area contributed by atoms with Gasteiger partial charge in [-0.2, -0.15) is 0 Å². The molecular formula is C20H38IN5O3. The van der Waals surface area contributed by atoms with Gasteiger partial charge in [0.15, 0.2) is 5.96 Å². The first-order valence-electron chi connectivity index (χ1n) is 10.4. The molecule has 29 heavy (non-hydrogen) atoms. The van der Waals surface area contributed by atoms with Crippen LogP contribution in [0.5, 0.6) is 0 Å². The zero-order valence-electron chi connectivity index (χ0n) is 18.5. The summed E-state index contributed by atoms with van der Waals surface area (Å²) in [5, 5.41) is 6.83. The predicted molar refractivity (Wildman–Crippen MR) is 126 cm³/mol. The standard InChI is InChI=1S/C20H37N5O3.HI/c1-6-17(26)25-12-9-16(14-25)23-18(21-5)22-13-15-7-10-24(11-8-15)19(27)28-20(2,3)4;/h15-16H,6-14H2,1-5H3,(H2,21,22,23);1H. The van der Waals surface area contributed by atoms with E-state index in [1.165, 1.54) is 0 Å². The van der Waals surface area contributed by atoms with Crippen molar-refractivity contribution in [2.24, 2.45) is 10.9 Å². The lowest BCUT2D eigenvalue weighted by molar-refractivity contribution is -0.129. The van der Waals surface area contributed by atoms with Crippen molar-refractivity contribution in [1.82, 2.24) is 20.4 Å². The second-order valence-electron chi connectivity index (χ2n) is 8.69. The van der Waals surface area contributed by atoms with Gasteiger partial charge in [0.2, 0.25) is 5.91 Å². The van der Waals surface area contributed by atoms with E-state index in [9.17, 15) is 9.59 Å². The SMILES string of the molecule is CCC(=O)N1CCC(NC(=NC)NCC2CCN(C(=O)OC(C)(C)C)CC2)C1.I. The Morgan fingerprint density at radius 1 is 1.10 bits per heavy atom. The minimum absolute atomic E-state index is 0. The van der Waals surface area contributed by atoms with Gasteiger partial charge in [-0.25, -0.2) is 4.79 Å². The van der Waals surface area contributed by atoms with E-state index >= 15 is 0 Å². The molecule has 2 heterocycles. The summed E-state index contributed by atoms with van der Waals surface area (Å²) in [5.41, 5.74) is -0.453. The molecule has 1 unspecified atom stereocenters. The maximum absolute atomic E-state index is 12.2. The van der Waals surface area contributed by atoms with Crippen LogP contribution >= 0.6 is 24.0 Å². The summed E-state index contributed by atoms with van der Waals surface area (Å²) < 4.78 is 5.45. The number of likely N-dealkylation sites (tertiary alicyclic amines) is 2. The molecular weight excluding hydrogens is 485 g/mol. The van der Waals surface area contributed by atoms with Gasteiger partial charge >= 0.3 is 6.09 Å². The van der Waals surface area contributed by atoms with Crippen LogP contribution in [0.1, 0.15) is 53.4 Å². The summed E-state index contributed by atoms with van der Waals surface area (Å²) in [4.78, 5) is 32.0. The molecule has 0 saturated carbocycles. The van der Waals surface area contributed by atoms with Crippen LogP contribution in [0.4, 0.5) is 4.79 Å². The van der Waals surface area contributed by atoms with E-state index in [-0.39, 0.29) is 42.0 Å². The number of nitrogens with zero attached hydrogens (tertiary/aromatic N) is 3. The van der Waals surface area contributed by atoms with Crippen molar-refractivity contribution in [1.29, 1.82) is 0 Å². The number of halogens is 1. The fraction of sp³-hybridized carbons (Fsp3) is 0.850. The number of carbonyl (C=O) groups is 2. The molecule has 0 bridgehead atoms. The fourth-order valence-electron chi connectivity index (χ4n) is 3.60. The number of nitrogens with one attached hydrogen (secondary N) is 2. The number of guanidine groups is 1. The fourth-order valence-corrected chi connectivity index (χ4v) is 3.60. The van der Waals surface area contributed by atoms with Crippen LogP contribution in [0.3, 0.4) is 0 Å². The summed E-state index contributed by atoms with van der Waals surface area (Å²) in [7, 11) is 1.77. The maximum Gasteiger partial charge on any atom is 0.410 e. The van der Waals surface area contributed by atoms with E-state index in [0.29, 0.717) is 12.3 Å². The number of aliphatic imine (C=N–C) groups is 1. The number of rotatable bonds is 4. The number of carbonyl (C=O) groups excluding carboxylic acids is 2. The summed E-state index contributed by atoms with van der Waals surface area (Å²) in [6.45, 7) is 11.4. The molecule has 2 aliphatic heterocycles. The van der Waals surface area contributed by atoms with E-state index in [1.807, 2.05) is 32.6 Å². The molecule has 2 aliphatic rings. The average Bonchev–Trinajstić information content (AvgIpc) is 3.12. The number of hydrogen-bond donors (Lipinski definition) is 2. The predicted octanol–water partition coefficient (Wildman–Crippen LogP) is 2.43. The lowest BCUT2D eigenvalue weighted by Crippen LogP contribution is -2.48. The lowest BCUT2D eigenvalue weighted by atomic mass is 9.97. The molecule has 8 nitrogen and oxygen atoms in total. The molecule has 2 amide bonds. The molecule has 9 heteroatoms. The van der Waals surface area contributed by atoms with Crippen LogP contribution in [0.15, 0.2) is 4.99 Å². The molecule has 0 aromatic carbocycles. The summed E-state index contributed by atoms with van der Waals surface area (Å²) in [5.74, 6) is 1.49. The van der Waals surface area contributed by atoms with Gasteiger partial charge < -0.3 is 25.2 Å². The molecule has 0 radical (unpaired) electrons. The van der Waals surface area contributed by atoms with Crippen LogP contribution in [0.25, 0.3) is 0 Å². The molecule has 0 aliphatic carbocycles. The molecule has 0 aromatic heterocycles. The van der Waals surface area contributed by atoms with Crippen molar-refractivity contribution >= 4 is 41.9 Å². The Kier molecular flexibility index (Phi) is 10.5. The molecule has 2 rings (SSSR count). The largest absolute Gasteiger partial charge is 0.444 e. The van der Waals surface area contributed by atoms with E-state index < -0.39 is 5.60 Å². The third kappa shape index (κ3) is 8.55. The minimum Gasteiger partial charge on any atom is -0.444 e. The Labute approximate surface area is 192 Å². The highest BCUT2D eigenvalue weighted by Crippen LogP contribution is 2.19. The van der Waals surface area contributed by atoms with Crippen molar-refractivity contribution in [3.8, 4) is 0 Å². The van der Waals surface area contributed by atoms with Gasteiger partial charge in [0.1, 0.15) is 5.60 Å². The van der Waals surface area contributed by atoms with Crippen molar-refractivity contribution in [2.75, 3.05) is 39.8 Å². The second-order valence-corrected chi connectivity index (χ2v) is 8.69.